The first-order valence-electron chi connectivity index (χ1n) is 9.53. The molecular weight excluding hydrogens is 384 g/mol. The predicted octanol–water partition coefficient (Wildman–Crippen LogP) is 4.64. The number of rotatable bonds is 6. The minimum Gasteiger partial charge on any atom is -0.496 e. The summed E-state index contributed by atoms with van der Waals surface area (Å²) in [5.41, 5.74) is 1.51. The molecule has 0 aliphatic rings. The van der Waals surface area contributed by atoms with Crippen molar-refractivity contribution in [2.75, 3.05) is 20.3 Å². The van der Waals surface area contributed by atoms with Crippen LogP contribution in [0, 0.1) is 0 Å². The Balaban J connectivity index is 1.81. The molecule has 0 atom stereocenters. The third-order valence-electron chi connectivity index (χ3n) is 4.75. The van der Waals surface area contributed by atoms with Gasteiger partial charge in [-0.1, -0.05) is 47.7 Å². The average molecular weight is 407 g/mol. The molecule has 0 aliphatic heterocycles. The van der Waals surface area contributed by atoms with Crippen LogP contribution in [-0.4, -0.2) is 30.8 Å². The number of nitrogens with zero attached hydrogens (tertiary/aromatic N) is 2. The van der Waals surface area contributed by atoms with Crippen LogP contribution in [0.25, 0.3) is 21.0 Å². The average Bonchev–Trinajstić information content (AvgIpc) is 3.10. The van der Waals surface area contributed by atoms with Gasteiger partial charge in [0, 0.05) is 13.2 Å². The maximum atomic E-state index is 13.1. The predicted molar refractivity (Wildman–Crippen MR) is 117 cm³/mol. The fraction of sp³-hybridized carbons (Fsp3) is 0.217. The molecule has 0 radical (unpaired) electrons. The van der Waals surface area contributed by atoms with E-state index in [0.717, 1.165) is 21.0 Å². The zero-order valence-corrected chi connectivity index (χ0v) is 17.2. The second-order valence-electron chi connectivity index (χ2n) is 6.52. The Hall–Kier alpha value is -2.96. The van der Waals surface area contributed by atoms with Crippen LogP contribution in [0.3, 0.4) is 0 Å². The molecule has 0 unspecified atom stereocenters. The van der Waals surface area contributed by atoms with E-state index in [1.165, 1.54) is 11.3 Å². The number of para-hydroxylation sites is 1. The normalized spacial score (nSPS) is 12.0. The van der Waals surface area contributed by atoms with E-state index in [1.807, 2.05) is 72.2 Å². The van der Waals surface area contributed by atoms with Crippen LogP contribution in [0.15, 0.2) is 65.7 Å². The van der Waals surface area contributed by atoms with Gasteiger partial charge in [0.25, 0.3) is 5.91 Å². The quantitative estimate of drug-likeness (QED) is 0.438. The molecule has 4 aromatic rings. The third kappa shape index (κ3) is 3.95. The number of benzene rings is 3. The summed E-state index contributed by atoms with van der Waals surface area (Å²) in [6.07, 6.45) is 0. The van der Waals surface area contributed by atoms with Crippen LogP contribution < -0.4 is 9.54 Å². The lowest BCUT2D eigenvalue weighted by molar-refractivity contribution is 0.0994. The van der Waals surface area contributed by atoms with Crippen molar-refractivity contribution in [2.24, 2.45) is 4.99 Å². The molecular formula is C23H22N2O3S. The molecule has 0 fully saturated rings. The second kappa shape index (κ2) is 8.59. The van der Waals surface area contributed by atoms with E-state index in [2.05, 4.69) is 4.99 Å². The van der Waals surface area contributed by atoms with Crippen LogP contribution in [0.5, 0.6) is 5.75 Å². The number of methoxy groups -OCH3 is 1. The highest BCUT2D eigenvalue weighted by Gasteiger charge is 2.14. The number of thiazole rings is 1. The Kier molecular flexibility index (Phi) is 5.74. The largest absolute Gasteiger partial charge is 0.496 e. The lowest BCUT2D eigenvalue weighted by Crippen LogP contribution is -2.20. The highest BCUT2D eigenvalue weighted by atomic mass is 32.1. The molecule has 0 aliphatic carbocycles. The summed E-state index contributed by atoms with van der Waals surface area (Å²) < 4.78 is 14.1. The van der Waals surface area contributed by atoms with Crippen LogP contribution in [0.1, 0.15) is 17.3 Å². The van der Waals surface area contributed by atoms with Gasteiger partial charge >= 0.3 is 0 Å². The lowest BCUT2D eigenvalue weighted by Gasteiger charge is -2.08. The Morgan fingerprint density at radius 1 is 1.07 bits per heavy atom. The minimum absolute atomic E-state index is 0.315. The number of carbonyl (C=O) groups excluding carboxylic acids is 1. The van der Waals surface area contributed by atoms with Crippen LogP contribution in [0.4, 0.5) is 0 Å². The topological polar surface area (TPSA) is 52.8 Å². The number of aromatic nitrogens is 1. The summed E-state index contributed by atoms with van der Waals surface area (Å²) in [6, 6.07) is 19.7. The highest BCUT2D eigenvalue weighted by Crippen LogP contribution is 2.26. The van der Waals surface area contributed by atoms with Gasteiger partial charge in [-0.05, 0) is 42.0 Å². The van der Waals surface area contributed by atoms with Crippen molar-refractivity contribution in [1.82, 2.24) is 4.57 Å². The molecule has 1 aromatic heterocycles. The zero-order chi connectivity index (χ0) is 20.2. The van der Waals surface area contributed by atoms with Crippen LogP contribution in [-0.2, 0) is 11.3 Å². The van der Waals surface area contributed by atoms with Crippen molar-refractivity contribution in [3.63, 3.8) is 0 Å². The van der Waals surface area contributed by atoms with Gasteiger partial charge in [-0.15, -0.1) is 0 Å². The molecule has 1 heterocycles. The number of fused-ring (bicyclic) bond motifs is 2. The van der Waals surface area contributed by atoms with Gasteiger partial charge in [0.05, 0.1) is 29.5 Å². The van der Waals surface area contributed by atoms with Crippen molar-refractivity contribution >= 4 is 38.2 Å². The Morgan fingerprint density at radius 3 is 2.55 bits per heavy atom. The molecule has 0 N–H and O–H groups in total. The van der Waals surface area contributed by atoms with Gasteiger partial charge in [0.1, 0.15) is 5.75 Å². The van der Waals surface area contributed by atoms with Gasteiger partial charge in [0.15, 0.2) is 4.80 Å². The Labute approximate surface area is 172 Å². The summed E-state index contributed by atoms with van der Waals surface area (Å²) >= 11 is 1.50. The summed E-state index contributed by atoms with van der Waals surface area (Å²) in [4.78, 5) is 18.2. The summed E-state index contributed by atoms with van der Waals surface area (Å²) in [7, 11) is 1.57. The number of hydrogen-bond donors (Lipinski definition) is 0. The Bertz CT molecular complexity index is 1240. The summed E-state index contributed by atoms with van der Waals surface area (Å²) in [5, 5.41) is 2.00. The van der Waals surface area contributed by atoms with Crippen molar-refractivity contribution in [1.29, 1.82) is 0 Å². The fourth-order valence-electron chi connectivity index (χ4n) is 3.32. The molecule has 148 valence electrons. The van der Waals surface area contributed by atoms with Gasteiger partial charge in [-0.3, -0.25) is 4.79 Å². The molecule has 4 rings (SSSR count). The maximum absolute atomic E-state index is 13.1. The van der Waals surface area contributed by atoms with E-state index < -0.39 is 0 Å². The second-order valence-corrected chi connectivity index (χ2v) is 7.53. The number of amides is 1. The van der Waals surface area contributed by atoms with E-state index in [0.29, 0.717) is 35.9 Å². The first-order chi connectivity index (χ1) is 14.2. The first kappa shape index (κ1) is 19.4. The SMILES string of the molecule is CCOCCn1c(=NC(=O)c2cc3ccccc3cc2OC)sc2ccccc21. The minimum atomic E-state index is -0.315. The molecule has 0 saturated heterocycles. The van der Waals surface area contributed by atoms with Gasteiger partial charge in [-0.25, -0.2) is 0 Å². The maximum Gasteiger partial charge on any atom is 0.283 e. The van der Waals surface area contributed by atoms with E-state index in [-0.39, 0.29) is 5.91 Å². The molecule has 5 nitrogen and oxygen atoms in total. The molecule has 3 aromatic carbocycles. The number of carbonyl (C=O) groups is 1. The summed E-state index contributed by atoms with van der Waals surface area (Å²) in [5.74, 6) is 0.212. The third-order valence-corrected chi connectivity index (χ3v) is 5.81. The van der Waals surface area contributed by atoms with Crippen molar-refractivity contribution < 1.29 is 14.3 Å². The number of hydrogen-bond acceptors (Lipinski definition) is 4. The van der Waals surface area contributed by atoms with Crippen molar-refractivity contribution in [2.45, 2.75) is 13.5 Å². The molecule has 1 amide bonds. The van der Waals surface area contributed by atoms with Gasteiger partial charge in [-0.2, -0.15) is 4.99 Å². The smallest absolute Gasteiger partial charge is 0.283 e. The Morgan fingerprint density at radius 2 is 1.79 bits per heavy atom. The van der Waals surface area contributed by atoms with Crippen molar-refractivity contribution in [3.8, 4) is 5.75 Å². The van der Waals surface area contributed by atoms with E-state index in [4.69, 9.17) is 9.47 Å². The monoisotopic (exact) mass is 406 g/mol. The standard InChI is InChI=1S/C23H22N2O3S/c1-3-28-13-12-25-19-10-6-7-11-21(19)29-23(25)24-22(26)18-14-16-8-4-5-9-17(16)15-20(18)27-2/h4-11,14-15H,3,12-13H2,1-2H3. The molecule has 0 saturated carbocycles. The highest BCUT2D eigenvalue weighted by molar-refractivity contribution is 7.16. The van der Waals surface area contributed by atoms with Crippen molar-refractivity contribution in [3.05, 3.63) is 71.0 Å². The molecule has 0 bridgehead atoms. The van der Waals surface area contributed by atoms with Gasteiger partial charge in [0.2, 0.25) is 0 Å². The molecule has 0 spiro atoms. The van der Waals surface area contributed by atoms with E-state index in [1.54, 1.807) is 7.11 Å². The lowest BCUT2D eigenvalue weighted by atomic mass is 10.1. The molecule has 6 heteroatoms. The zero-order valence-electron chi connectivity index (χ0n) is 16.4. The van der Waals surface area contributed by atoms with Crippen LogP contribution >= 0.6 is 11.3 Å². The van der Waals surface area contributed by atoms with Crippen LogP contribution in [0.2, 0.25) is 0 Å². The number of ether oxygens (including phenoxy) is 2. The molecule has 29 heavy (non-hydrogen) atoms. The first-order valence-corrected chi connectivity index (χ1v) is 10.3. The fourth-order valence-corrected chi connectivity index (χ4v) is 4.38. The van der Waals surface area contributed by atoms with E-state index in [9.17, 15) is 4.79 Å². The summed E-state index contributed by atoms with van der Waals surface area (Å²) in [6.45, 7) is 3.83. The van der Waals surface area contributed by atoms with E-state index >= 15 is 0 Å². The van der Waals surface area contributed by atoms with Gasteiger partial charge < -0.3 is 14.0 Å².